The van der Waals surface area contributed by atoms with Crippen LogP contribution in [-0.2, 0) is 39.6 Å². The molecule has 1 aromatic carbocycles. The van der Waals surface area contributed by atoms with Crippen LogP contribution >= 0.6 is 0 Å². The Balaban J connectivity index is 1.69. The topological polar surface area (TPSA) is 73.8 Å². The lowest BCUT2D eigenvalue weighted by atomic mass is 10.0. The first-order chi connectivity index (χ1) is 24.9. The molecule has 1 aromatic rings. The lowest BCUT2D eigenvalue weighted by Gasteiger charge is -2.09. The molecule has 0 aliphatic carbocycles. The molecule has 0 N–H and O–H groups in total. The number of ether oxygens (including phenoxy) is 8. The van der Waals surface area contributed by atoms with Crippen molar-refractivity contribution in [2.75, 3.05) is 99.1 Å². The summed E-state index contributed by atoms with van der Waals surface area (Å²) in [6.07, 6.45) is 25.5. The molecule has 0 fully saturated rings. The van der Waals surface area contributed by atoms with E-state index in [1.807, 2.05) is 0 Å². The van der Waals surface area contributed by atoms with Gasteiger partial charge in [-0.3, -0.25) is 0 Å². The zero-order valence-corrected chi connectivity index (χ0v) is 32.6. The van der Waals surface area contributed by atoms with Crippen molar-refractivity contribution >= 4 is 0 Å². The zero-order chi connectivity index (χ0) is 35.7. The maximum atomic E-state index is 5.79. The molecule has 0 saturated carbocycles. The molecule has 0 unspecified atom stereocenters. The summed E-state index contributed by atoms with van der Waals surface area (Å²) >= 11 is 0. The van der Waals surface area contributed by atoms with Crippen molar-refractivity contribution in [2.45, 2.75) is 136 Å². The monoisotopic (exact) mass is 711 g/mol. The highest BCUT2D eigenvalue weighted by Crippen LogP contribution is 2.15. The van der Waals surface area contributed by atoms with Crippen LogP contribution in [0.3, 0.4) is 0 Å². The highest BCUT2D eigenvalue weighted by Gasteiger charge is 1.99. The standard InChI is InChI=1S/C42H78O8/c1-3-5-7-9-11-12-13-14-16-18-20-26-43-27-28-44-29-30-45-31-32-46-33-34-47-35-36-48-37-38-49-39-40-50-42-24-22-41(23-25-42)21-19-17-15-10-8-6-4-2/h22-25H,3-21,26-40H2,1-2H3. The molecule has 0 aliphatic heterocycles. The number of hydrogen-bond donors (Lipinski definition) is 0. The molecule has 0 spiro atoms. The largest absolute Gasteiger partial charge is 0.491 e. The van der Waals surface area contributed by atoms with E-state index in [4.69, 9.17) is 37.9 Å². The second-order valence-electron chi connectivity index (χ2n) is 13.2. The van der Waals surface area contributed by atoms with Gasteiger partial charge in [-0.1, -0.05) is 129 Å². The number of benzene rings is 1. The maximum absolute atomic E-state index is 5.79. The molecule has 0 saturated heterocycles. The van der Waals surface area contributed by atoms with Gasteiger partial charge in [-0.05, 0) is 37.0 Å². The molecule has 0 heterocycles. The molecule has 0 aromatic heterocycles. The molecule has 0 amide bonds. The van der Waals surface area contributed by atoms with Gasteiger partial charge in [-0.2, -0.15) is 0 Å². The first kappa shape index (κ1) is 46.8. The minimum atomic E-state index is 0.536. The molecule has 0 aliphatic rings. The molecule has 8 nitrogen and oxygen atoms in total. The molecular formula is C42H78O8. The van der Waals surface area contributed by atoms with Gasteiger partial charge in [0.2, 0.25) is 0 Å². The van der Waals surface area contributed by atoms with E-state index >= 15 is 0 Å². The second kappa shape index (κ2) is 40.5. The molecule has 294 valence electrons. The van der Waals surface area contributed by atoms with Gasteiger partial charge in [-0.25, -0.2) is 0 Å². The zero-order valence-electron chi connectivity index (χ0n) is 32.6. The van der Waals surface area contributed by atoms with Gasteiger partial charge in [0.25, 0.3) is 0 Å². The van der Waals surface area contributed by atoms with E-state index in [1.54, 1.807) is 0 Å². The Hall–Kier alpha value is -1.26. The van der Waals surface area contributed by atoms with E-state index in [2.05, 4.69) is 38.1 Å². The maximum Gasteiger partial charge on any atom is 0.119 e. The fourth-order valence-electron chi connectivity index (χ4n) is 5.55. The normalized spacial score (nSPS) is 11.5. The fourth-order valence-corrected chi connectivity index (χ4v) is 5.55. The van der Waals surface area contributed by atoms with Crippen molar-refractivity contribution in [1.82, 2.24) is 0 Å². The van der Waals surface area contributed by atoms with Gasteiger partial charge in [0.05, 0.1) is 85.9 Å². The van der Waals surface area contributed by atoms with Crippen molar-refractivity contribution in [3.8, 4) is 5.75 Å². The second-order valence-corrected chi connectivity index (χ2v) is 13.2. The average molecular weight is 711 g/mol. The molecular weight excluding hydrogens is 632 g/mol. The van der Waals surface area contributed by atoms with E-state index in [-0.39, 0.29) is 0 Å². The summed E-state index contributed by atoms with van der Waals surface area (Å²) < 4.78 is 44.8. The van der Waals surface area contributed by atoms with Gasteiger partial charge < -0.3 is 37.9 Å². The summed E-state index contributed by atoms with van der Waals surface area (Å²) in [4.78, 5) is 0. The van der Waals surface area contributed by atoms with E-state index in [0.717, 1.165) is 25.2 Å². The van der Waals surface area contributed by atoms with E-state index in [1.165, 1.54) is 115 Å². The Morgan fingerprint density at radius 1 is 0.300 bits per heavy atom. The average Bonchev–Trinajstić information content (AvgIpc) is 3.13. The van der Waals surface area contributed by atoms with Crippen molar-refractivity contribution in [3.05, 3.63) is 29.8 Å². The van der Waals surface area contributed by atoms with Crippen molar-refractivity contribution in [1.29, 1.82) is 0 Å². The molecule has 8 heteroatoms. The Bertz CT molecular complexity index is 763. The van der Waals surface area contributed by atoms with Gasteiger partial charge in [0.15, 0.2) is 0 Å². The van der Waals surface area contributed by atoms with Crippen LogP contribution in [0.25, 0.3) is 0 Å². The summed E-state index contributed by atoms with van der Waals surface area (Å²) in [5, 5.41) is 0. The molecule has 0 bridgehead atoms. The third-order valence-electron chi connectivity index (χ3n) is 8.61. The van der Waals surface area contributed by atoms with Gasteiger partial charge >= 0.3 is 0 Å². The van der Waals surface area contributed by atoms with Crippen molar-refractivity contribution in [3.63, 3.8) is 0 Å². The van der Waals surface area contributed by atoms with E-state index in [9.17, 15) is 0 Å². The van der Waals surface area contributed by atoms with Crippen LogP contribution in [0.4, 0.5) is 0 Å². The van der Waals surface area contributed by atoms with Crippen LogP contribution in [-0.4, -0.2) is 99.1 Å². The minimum Gasteiger partial charge on any atom is -0.491 e. The molecule has 1 rings (SSSR count). The SMILES string of the molecule is CCCCCCCCCCCCCOCCOCCOCCOCCOCCOCCOCCOc1ccc(CCCCCCCCC)cc1. The van der Waals surface area contributed by atoms with Crippen LogP contribution < -0.4 is 4.74 Å². The van der Waals surface area contributed by atoms with Crippen LogP contribution in [0.15, 0.2) is 24.3 Å². The lowest BCUT2D eigenvalue weighted by Crippen LogP contribution is -2.15. The lowest BCUT2D eigenvalue weighted by molar-refractivity contribution is -0.0213. The van der Waals surface area contributed by atoms with Gasteiger partial charge in [-0.15, -0.1) is 0 Å². The fraction of sp³-hybridized carbons (Fsp3) is 0.857. The van der Waals surface area contributed by atoms with Crippen molar-refractivity contribution < 1.29 is 37.9 Å². The Labute approximate surface area is 307 Å². The Morgan fingerprint density at radius 2 is 0.600 bits per heavy atom. The first-order valence-corrected chi connectivity index (χ1v) is 20.6. The smallest absolute Gasteiger partial charge is 0.119 e. The summed E-state index contributed by atoms with van der Waals surface area (Å²) in [6.45, 7) is 13.2. The van der Waals surface area contributed by atoms with E-state index in [0.29, 0.717) is 92.5 Å². The third kappa shape index (κ3) is 35.2. The van der Waals surface area contributed by atoms with Crippen molar-refractivity contribution in [2.24, 2.45) is 0 Å². The number of unbranched alkanes of at least 4 members (excludes halogenated alkanes) is 16. The van der Waals surface area contributed by atoms with Crippen LogP contribution in [0, 0.1) is 0 Å². The summed E-state index contributed by atoms with van der Waals surface area (Å²) in [5.74, 6) is 0.896. The highest BCUT2D eigenvalue weighted by molar-refractivity contribution is 5.27. The third-order valence-corrected chi connectivity index (χ3v) is 8.61. The quantitative estimate of drug-likeness (QED) is 0.0621. The molecule has 50 heavy (non-hydrogen) atoms. The Kier molecular flexibility index (Phi) is 37.9. The first-order valence-electron chi connectivity index (χ1n) is 20.6. The summed E-state index contributed by atoms with van der Waals surface area (Å²) in [7, 11) is 0. The van der Waals surface area contributed by atoms with Crippen LogP contribution in [0.2, 0.25) is 0 Å². The van der Waals surface area contributed by atoms with Crippen LogP contribution in [0.1, 0.15) is 135 Å². The predicted octanol–water partition coefficient (Wildman–Crippen LogP) is 9.79. The minimum absolute atomic E-state index is 0.536. The van der Waals surface area contributed by atoms with Crippen LogP contribution in [0.5, 0.6) is 5.75 Å². The van der Waals surface area contributed by atoms with Gasteiger partial charge in [0.1, 0.15) is 12.4 Å². The summed E-state index contributed by atoms with van der Waals surface area (Å²) in [5.41, 5.74) is 1.39. The number of hydrogen-bond acceptors (Lipinski definition) is 8. The number of aryl methyl sites for hydroxylation is 1. The predicted molar refractivity (Wildman–Crippen MR) is 206 cm³/mol. The number of rotatable bonds is 42. The molecule has 0 radical (unpaired) electrons. The van der Waals surface area contributed by atoms with Gasteiger partial charge in [0, 0.05) is 6.61 Å². The highest BCUT2D eigenvalue weighted by atomic mass is 16.6. The molecule has 0 atom stereocenters. The van der Waals surface area contributed by atoms with E-state index < -0.39 is 0 Å². The Morgan fingerprint density at radius 3 is 0.980 bits per heavy atom. The summed E-state index contributed by atoms with van der Waals surface area (Å²) in [6, 6.07) is 8.49.